The fourth-order valence-corrected chi connectivity index (χ4v) is 12.0. The van der Waals surface area contributed by atoms with Crippen LogP contribution in [-0.2, 0) is 14.3 Å². The van der Waals surface area contributed by atoms with E-state index in [0.717, 1.165) is 31.1 Å². The van der Waals surface area contributed by atoms with Crippen LogP contribution in [0.2, 0.25) is 0 Å². The van der Waals surface area contributed by atoms with E-state index in [1.54, 1.807) is 29.4 Å². The molecule has 6 aliphatic rings. The standard InChI is InChI=1S/C33H46N2O4.C5H12/c1-30(2)27-10-9-23-25-16-26-24(8-7-22(38-26)18-35(4)20-36)31(25,3)13-14-32(23)19-33(27,32)12-11-28(30)39-29(37)21-6-5-15-34-17-21;1-3-5-4-2/h5-6,15,17,20,22-28H,7-14,16,18-19H2,1-4H3;3-5H2,1-2H3/t22?,23?,24?,25?,26?,27?,28-,31+,32-,33+;/m0./s1. The zero-order valence-electron chi connectivity index (χ0n) is 28.4. The van der Waals surface area contributed by atoms with Gasteiger partial charge < -0.3 is 14.4 Å². The van der Waals surface area contributed by atoms with Gasteiger partial charge in [0.1, 0.15) is 6.10 Å². The molecule has 10 atom stereocenters. The second kappa shape index (κ2) is 12.0. The first-order chi connectivity index (χ1) is 21.1. The molecule has 0 aromatic carbocycles. The van der Waals surface area contributed by atoms with E-state index in [2.05, 4.69) is 39.6 Å². The van der Waals surface area contributed by atoms with E-state index in [1.165, 1.54) is 70.6 Å². The smallest absolute Gasteiger partial charge is 0.339 e. The maximum atomic E-state index is 13.0. The zero-order valence-corrected chi connectivity index (χ0v) is 28.4. The number of fused-ring (bicyclic) bond motifs is 4. The monoisotopic (exact) mass is 606 g/mol. The maximum absolute atomic E-state index is 13.0. The number of likely N-dealkylation sites (N-methyl/N-ethyl adjacent to an activating group) is 1. The van der Waals surface area contributed by atoms with Gasteiger partial charge in [0.25, 0.3) is 0 Å². The molecule has 5 saturated carbocycles. The third-order valence-electron chi connectivity index (χ3n) is 14.1. The van der Waals surface area contributed by atoms with Crippen LogP contribution in [0.4, 0.5) is 0 Å². The molecule has 1 aromatic rings. The first kappa shape index (κ1) is 32.0. The first-order valence-corrected chi connectivity index (χ1v) is 18.0. The Kier molecular flexibility index (Phi) is 8.74. The summed E-state index contributed by atoms with van der Waals surface area (Å²) in [5.74, 6) is 2.63. The summed E-state index contributed by atoms with van der Waals surface area (Å²) in [5, 5.41) is 0. The minimum atomic E-state index is -0.226. The molecule has 244 valence electrons. The van der Waals surface area contributed by atoms with Crippen molar-refractivity contribution in [2.45, 2.75) is 136 Å². The van der Waals surface area contributed by atoms with Gasteiger partial charge in [0.05, 0.1) is 17.8 Å². The van der Waals surface area contributed by atoms with E-state index in [-0.39, 0.29) is 23.6 Å². The SMILES string of the molecule is CCCCC.CN(C=O)CC1CCC2C(CC3C4CCC5C(C)(C)[C@@H](OC(=O)c6cccnc6)CC[C@@]56C[C@@]46CC[C@]23C)O1. The molecule has 0 radical (unpaired) electrons. The van der Waals surface area contributed by atoms with Crippen molar-refractivity contribution in [3.63, 3.8) is 0 Å². The molecule has 6 unspecified atom stereocenters. The van der Waals surface area contributed by atoms with Crippen LogP contribution in [0.3, 0.4) is 0 Å². The van der Waals surface area contributed by atoms with E-state index in [4.69, 9.17) is 9.47 Å². The summed E-state index contributed by atoms with van der Waals surface area (Å²) in [7, 11) is 1.86. The van der Waals surface area contributed by atoms with Gasteiger partial charge in [0.2, 0.25) is 6.41 Å². The Morgan fingerprint density at radius 2 is 1.80 bits per heavy atom. The number of nitrogens with zero attached hydrogens (tertiary/aromatic N) is 2. The first-order valence-electron chi connectivity index (χ1n) is 18.0. The van der Waals surface area contributed by atoms with Crippen LogP contribution < -0.4 is 0 Å². The van der Waals surface area contributed by atoms with Crippen LogP contribution >= 0.6 is 0 Å². The molecule has 6 fully saturated rings. The van der Waals surface area contributed by atoms with Crippen LogP contribution in [0.1, 0.15) is 128 Å². The van der Waals surface area contributed by atoms with Crippen LogP contribution in [0.5, 0.6) is 0 Å². The minimum Gasteiger partial charge on any atom is -0.458 e. The van der Waals surface area contributed by atoms with Gasteiger partial charge in [-0.05, 0) is 116 Å². The van der Waals surface area contributed by atoms with Crippen molar-refractivity contribution in [3.8, 4) is 0 Å². The Hall–Kier alpha value is -1.95. The number of unbranched alkanes of at least 4 members (excludes halogenated alkanes) is 2. The second-order valence-electron chi connectivity index (χ2n) is 16.4. The molecule has 2 heterocycles. The molecular weight excluding hydrogens is 548 g/mol. The van der Waals surface area contributed by atoms with Crippen LogP contribution in [0.25, 0.3) is 0 Å². The van der Waals surface area contributed by atoms with Gasteiger partial charge >= 0.3 is 5.97 Å². The number of pyridine rings is 1. The molecule has 6 nitrogen and oxygen atoms in total. The van der Waals surface area contributed by atoms with Crippen molar-refractivity contribution >= 4 is 12.4 Å². The van der Waals surface area contributed by atoms with Crippen LogP contribution in [-0.4, -0.2) is 54.2 Å². The van der Waals surface area contributed by atoms with E-state index in [1.807, 2.05) is 7.05 Å². The summed E-state index contributed by atoms with van der Waals surface area (Å²) in [6.45, 7) is 12.5. The van der Waals surface area contributed by atoms with Gasteiger partial charge in [0.15, 0.2) is 0 Å². The number of esters is 1. The Bertz CT molecular complexity index is 1190. The summed E-state index contributed by atoms with van der Waals surface area (Å²) < 4.78 is 13.0. The van der Waals surface area contributed by atoms with Crippen molar-refractivity contribution < 1.29 is 19.1 Å². The molecule has 6 heteroatoms. The van der Waals surface area contributed by atoms with E-state index in [9.17, 15) is 9.59 Å². The van der Waals surface area contributed by atoms with Gasteiger partial charge in [-0.2, -0.15) is 0 Å². The summed E-state index contributed by atoms with van der Waals surface area (Å²) >= 11 is 0. The minimum absolute atomic E-state index is 0.0179. The van der Waals surface area contributed by atoms with E-state index < -0.39 is 0 Å². The molecule has 5 aliphatic carbocycles. The number of hydrogen-bond acceptors (Lipinski definition) is 5. The lowest BCUT2D eigenvalue weighted by molar-refractivity contribution is -0.138. The van der Waals surface area contributed by atoms with Gasteiger partial charge in [-0.1, -0.05) is 53.9 Å². The highest BCUT2D eigenvalue weighted by Gasteiger charge is 2.80. The number of hydrogen-bond donors (Lipinski definition) is 0. The average Bonchev–Trinajstić information content (AvgIpc) is 3.59. The number of ether oxygens (including phenoxy) is 2. The Morgan fingerprint density at radius 1 is 1.02 bits per heavy atom. The van der Waals surface area contributed by atoms with Crippen LogP contribution in [0, 0.1) is 45.3 Å². The van der Waals surface area contributed by atoms with Crippen molar-refractivity contribution in [1.82, 2.24) is 9.88 Å². The number of aromatic nitrogens is 1. The van der Waals surface area contributed by atoms with E-state index >= 15 is 0 Å². The molecule has 1 aliphatic heterocycles. The van der Waals surface area contributed by atoms with Gasteiger partial charge in [-0.3, -0.25) is 9.78 Å². The van der Waals surface area contributed by atoms with Crippen LogP contribution in [0.15, 0.2) is 24.5 Å². The lowest BCUT2D eigenvalue weighted by Gasteiger charge is -2.59. The molecule has 1 aromatic heterocycles. The highest BCUT2D eigenvalue weighted by Crippen LogP contribution is 2.87. The lowest BCUT2D eigenvalue weighted by Crippen LogP contribution is -2.55. The third-order valence-corrected chi connectivity index (χ3v) is 14.1. The van der Waals surface area contributed by atoms with Gasteiger partial charge in [-0.25, -0.2) is 4.79 Å². The largest absolute Gasteiger partial charge is 0.458 e. The van der Waals surface area contributed by atoms with Crippen molar-refractivity contribution in [3.05, 3.63) is 30.1 Å². The zero-order chi connectivity index (χ0) is 31.3. The Balaban J connectivity index is 0.000000637. The second-order valence-corrected chi connectivity index (χ2v) is 16.4. The summed E-state index contributed by atoms with van der Waals surface area (Å²) in [6, 6.07) is 3.61. The highest BCUT2D eigenvalue weighted by molar-refractivity contribution is 5.89. The molecule has 0 N–H and O–H groups in total. The topological polar surface area (TPSA) is 68.7 Å². The van der Waals surface area contributed by atoms with Crippen molar-refractivity contribution in [2.24, 2.45) is 45.3 Å². The average molecular weight is 607 g/mol. The number of amides is 1. The highest BCUT2D eigenvalue weighted by atomic mass is 16.5. The maximum Gasteiger partial charge on any atom is 0.339 e. The molecule has 7 rings (SSSR count). The number of carbonyl (C=O) groups is 2. The van der Waals surface area contributed by atoms with E-state index in [0.29, 0.717) is 46.3 Å². The normalized spacial score (nSPS) is 42.5. The molecule has 44 heavy (non-hydrogen) atoms. The molecule has 0 bridgehead atoms. The molecule has 1 amide bonds. The summed E-state index contributed by atoms with van der Waals surface area (Å²) in [6.07, 6.45) is 21.2. The third kappa shape index (κ3) is 5.04. The van der Waals surface area contributed by atoms with Crippen molar-refractivity contribution in [1.29, 1.82) is 0 Å². The molecular formula is C38H58N2O4. The predicted octanol–water partition coefficient (Wildman–Crippen LogP) is 8.10. The fourth-order valence-electron chi connectivity index (χ4n) is 12.0. The molecule has 2 spiro atoms. The lowest BCUT2D eigenvalue weighted by atomic mass is 9.46. The van der Waals surface area contributed by atoms with Gasteiger partial charge in [-0.15, -0.1) is 0 Å². The van der Waals surface area contributed by atoms with Crippen molar-refractivity contribution in [2.75, 3.05) is 13.6 Å². The Morgan fingerprint density at radius 3 is 2.48 bits per heavy atom. The fraction of sp³-hybridized carbons (Fsp3) is 0.816. The Labute approximate surface area is 266 Å². The summed E-state index contributed by atoms with van der Waals surface area (Å²) in [5.41, 5.74) is 1.85. The number of rotatable bonds is 7. The van der Waals surface area contributed by atoms with Gasteiger partial charge in [0, 0.05) is 31.4 Å². The molecule has 1 saturated heterocycles. The number of carbonyl (C=O) groups excluding carboxylic acids is 2. The predicted molar refractivity (Wildman–Crippen MR) is 173 cm³/mol. The quantitative estimate of drug-likeness (QED) is 0.232. The summed E-state index contributed by atoms with van der Waals surface area (Å²) in [4.78, 5) is 30.0.